The summed E-state index contributed by atoms with van der Waals surface area (Å²) in [4.78, 5) is 25.2. The Bertz CT molecular complexity index is 761. The van der Waals surface area contributed by atoms with Crippen LogP contribution < -0.4 is 5.73 Å². The SMILES string of the molecule is CC(C)Cn1c(CCC(N)=O)nnc1SCC(=O)N(C)Cc1ccccc1. The van der Waals surface area contributed by atoms with Crippen molar-refractivity contribution in [1.82, 2.24) is 19.7 Å². The van der Waals surface area contributed by atoms with Gasteiger partial charge in [0.1, 0.15) is 5.82 Å². The van der Waals surface area contributed by atoms with E-state index in [1.807, 2.05) is 34.9 Å². The van der Waals surface area contributed by atoms with Crippen LogP contribution in [0.2, 0.25) is 0 Å². The zero-order chi connectivity index (χ0) is 19.8. The minimum Gasteiger partial charge on any atom is -0.370 e. The van der Waals surface area contributed by atoms with Gasteiger partial charge in [0.2, 0.25) is 11.8 Å². The Morgan fingerprint density at radius 2 is 1.93 bits per heavy atom. The second-order valence-corrected chi connectivity index (χ2v) is 7.84. The van der Waals surface area contributed by atoms with Crippen molar-refractivity contribution in [1.29, 1.82) is 0 Å². The summed E-state index contributed by atoms with van der Waals surface area (Å²) in [5.41, 5.74) is 6.33. The van der Waals surface area contributed by atoms with Gasteiger partial charge >= 0.3 is 0 Å². The van der Waals surface area contributed by atoms with Crippen molar-refractivity contribution in [3.8, 4) is 0 Å². The predicted octanol–water partition coefficient (Wildman–Crippen LogP) is 2.10. The van der Waals surface area contributed by atoms with E-state index < -0.39 is 0 Å². The minimum atomic E-state index is -0.360. The fraction of sp³-hybridized carbons (Fsp3) is 0.474. The zero-order valence-electron chi connectivity index (χ0n) is 16.1. The van der Waals surface area contributed by atoms with Crippen LogP contribution in [0.5, 0.6) is 0 Å². The topological polar surface area (TPSA) is 94.1 Å². The molecule has 7 nitrogen and oxygen atoms in total. The van der Waals surface area contributed by atoms with Gasteiger partial charge in [0.05, 0.1) is 5.75 Å². The molecule has 0 saturated heterocycles. The van der Waals surface area contributed by atoms with E-state index in [9.17, 15) is 9.59 Å². The van der Waals surface area contributed by atoms with E-state index in [0.29, 0.717) is 24.0 Å². The van der Waals surface area contributed by atoms with Gasteiger partial charge in [-0.3, -0.25) is 9.59 Å². The Kier molecular flexibility index (Phi) is 7.84. The third kappa shape index (κ3) is 6.71. The average Bonchev–Trinajstić information content (AvgIpc) is 2.99. The summed E-state index contributed by atoms with van der Waals surface area (Å²) in [5, 5.41) is 9.11. The van der Waals surface area contributed by atoms with Gasteiger partial charge in [-0.15, -0.1) is 10.2 Å². The van der Waals surface area contributed by atoms with Gasteiger partial charge < -0.3 is 15.2 Å². The van der Waals surface area contributed by atoms with Crippen LogP contribution in [0.25, 0.3) is 0 Å². The summed E-state index contributed by atoms with van der Waals surface area (Å²) < 4.78 is 1.99. The lowest BCUT2D eigenvalue weighted by Gasteiger charge is -2.17. The average molecular weight is 390 g/mol. The quantitative estimate of drug-likeness (QED) is 0.628. The first-order valence-corrected chi connectivity index (χ1v) is 9.96. The molecule has 8 heteroatoms. The Balaban J connectivity index is 1.98. The number of amides is 2. The Morgan fingerprint density at radius 1 is 1.22 bits per heavy atom. The van der Waals surface area contributed by atoms with Crippen molar-refractivity contribution in [2.45, 2.75) is 44.9 Å². The van der Waals surface area contributed by atoms with Gasteiger partial charge in [-0.05, 0) is 11.5 Å². The maximum Gasteiger partial charge on any atom is 0.233 e. The Labute approximate surface area is 164 Å². The van der Waals surface area contributed by atoms with E-state index in [0.717, 1.165) is 17.9 Å². The molecule has 0 aliphatic rings. The number of carbonyl (C=O) groups excluding carboxylic acids is 2. The fourth-order valence-corrected chi connectivity index (χ4v) is 3.48. The molecule has 146 valence electrons. The molecule has 0 aliphatic heterocycles. The van der Waals surface area contributed by atoms with Gasteiger partial charge in [0.15, 0.2) is 5.16 Å². The highest BCUT2D eigenvalue weighted by Gasteiger charge is 2.17. The number of rotatable bonds is 10. The van der Waals surface area contributed by atoms with E-state index >= 15 is 0 Å². The molecule has 0 radical (unpaired) electrons. The smallest absolute Gasteiger partial charge is 0.233 e. The van der Waals surface area contributed by atoms with E-state index in [1.165, 1.54) is 11.8 Å². The molecule has 0 saturated carbocycles. The van der Waals surface area contributed by atoms with Crippen LogP contribution in [0.3, 0.4) is 0 Å². The molecule has 0 bridgehead atoms. The predicted molar refractivity (Wildman–Crippen MR) is 106 cm³/mol. The monoisotopic (exact) mass is 389 g/mol. The molecule has 1 aromatic carbocycles. The van der Waals surface area contributed by atoms with Gasteiger partial charge in [0.25, 0.3) is 0 Å². The summed E-state index contributed by atoms with van der Waals surface area (Å²) in [7, 11) is 1.80. The van der Waals surface area contributed by atoms with Crippen molar-refractivity contribution >= 4 is 23.6 Å². The number of benzene rings is 1. The standard InChI is InChI=1S/C19H27N5O2S/c1-14(2)11-24-17(10-9-16(20)25)21-22-19(24)27-13-18(26)23(3)12-15-7-5-4-6-8-15/h4-8,14H,9-13H2,1-3H3,(H2,20,25). The van der Waals surface area contributed by atoms with E-state index in [4.69, 9.17) is 5.73 Å². The Morgan fingerprint density at radius 3 is 2.56 bits per heavy atom. The third-order valence-electron chi connectivity index (χ3n) is 3.95. The molecule has 2 amide bonds. The minimum absolute atomic E-state index is 0.0293. The van der Waals surface area contributed by atoms with Crippen LogP contribution in [0.15, 0.2) is 35.5 Å². The maximum atomic E-state index is 12.5. The molecule has 2 aromatic rings. The number of carbonyl (C=O) groups is 2. The van der Waals surface area contributed by atoms with Crippen LogP contribution in [-0.2, 0) is 29.1 Å². The molecule has 0 spiro atoms. The van der Waals surface area contributed by atoms with Crippen LogP contribution in [0.1, 0.15) is 31.7 Å². The summed E-state index contributed by atoms with van der Waals surface area (Å²) >= 11 is 1.37. The summed E-state index contributed by atoms with van der Waals surface area (Å²) in [6.07, 6.45) is 0.692. The van der Waals surface area contributed by atoms with Gasteiger partial charge in [0, 0.05) is 33.0 Å². The lowest BCUT2D eigenvalue weighted by atomic mass is 10.2. The maximum absolute atomic E-state index is 12.5. The molecule has 0 aliphatic carbocycles. The number of aryl methyl sites for hydroxylation is 1. The summed E-state index contributed by atoms with van der Waals surface area (Å²) in [6.45, 7) is 5.51. The Hall–Kier alpha value is -2.35. The van der Waals surface area contributed by atoms with Crippen molar-refractivity contribution in [2.24, 2.45) is 11.7 Å². The van der Waals surface area contributed by atoms with Crippen LogP contribution >= 0.6 is 11.8 Å². The highest BCUT2D eigenvalue weighted by molar-refractivity contribution is 7.99. The highest BCUT2D eigenvalue weighted by Crippen LogP contribution is 2.20. The molecular formula is C19H27N5O2S. The van der Waals surface area contributed by atoms with Crippen LogP contribution in [0, 0.1) is 5.92 Å². The molecule has 27 heavy (non-hydrogen) atoms. The van der Waals surface area contributed by atoms with Gasteiger partial charge in [-0.2, -0.15) is 0 Å². The van der Waals surface area contributed by atoms with E-state index in [2.05, 4.69) is 24.0 Å². The molecule has 1 aromatic heterocycles. The molecule has 1 heterocycles. The third-order valence-corrected chi connectivity index (χ3v) is 4.90. The van der Waals surface area contributed by atoms with Crippen molar-refractivity contribution in [3.63, 3.8) is 0 Å². The van der Waals surface area contributed by atoms with E-state index in [-0.39, 0.29) is 24.0 Å². The number of hydrogen-bond acceptors (Lipinski definition) is 5. The molecule has 0 atom stereocenters. The second kappa shape index (κ2) is 10.1. The second-order valence-electron chi connectivity index (χ2n) is 6.89. The first-order valence-electron chi connectivity index (χ1n) is 8.98. The van der Waals surface area contributed by atoms with Gasteiger partial charge in [-0.1, -0.05) is 55.9 Å². The molecule has 2 N–H and O–H groups in total. The zero-order valence-corrected chi connectivity index (χ0v) is 16.9. The van der Waals surface area contributed by atoms with Crippen LogP contribution in [0.4, 0.5) is 0 Å². The lowest BCUT2D eigenvalue weighted by molar-refractivity contribution is -0.127. The molecule has 2 rings (SSSR count). The number of nitrogens with zero attached hydrogens (tertiary/aromatic N) is 4. The van der Waals surface area contributed by atoms with Crippen molar-refractivity contribution < 1.29 is 9.59 Å². The van der Waals surface area contributed by atoms with Gasteiger partial charge in [-0.25, -0.2) is 0 Å². The molecule has 0 fully saturated rings. The largest absolute Gasteiger partial charge is 0.370 e. The number of thioether (sulfide) groups is 1. The first-order chi connectivity index (χ1) is 12.9. The van der Waals surface area contributed by atoms with Crippen molar-refractivity contribution in [3.05, 3.63) is 41.7 Å². The fourth-order valence-electron chi connectivity index (χ4n) is 2.58. The number of primary amides is 1. The summed E-state index contributed by atoms with van der Waals surface area (Å²) in [5.74, 6) is 1.08. The number of nitrogens with two attached hydrogens (primary N) is 1. The molecule has 0 unspecified atom stereocenters. The number of hydrogen-bond donors (Lipinski definition) is 1. The molecular weight excluding hydrogens is 362 g/mol. The van der Waals surface area contributed by atoms with Crippen molar-refractivity contribution in [2.75, 3.05) is 12.8 Å². The highest BCUT2D eigenvalue weighted by atomic mass is 32.2. The normalized spacial score (nSPS) is 11.0. The lowest BCUT2D eigenvalue weighted by Crippen LogP contribution is -2.28. The number of aromatic nitrogens is 3. The van der Waals surface area contributed by atoms with E-state index in [1.54, 1.807) is 11.9 Å². The first kappa shape index (κ1) is 21.0. The van der Waals surface area contributed by atoms with Crippen LogP contribution in [-0.4, -0.2) is 44.3 Å². The summed E-state index contributed by atoms with van der Waals surface area (Å²) in [6, 6.07) is 9.88.